The molecule has 0 aliphatic heterocycles. The largest absolute Gasteiger partial charge is 0.481 e. The highest BCUT2D eigenvalue weighted by molar-refractivity contribution is 5.78. The quantitative estimate of drug-likeness (QED) is 0.785. The van der Waals surface area contributed by atoms with Crippen LogP contribution < -0.4 is 5.32 Å². The van der Waals surface area contributed by atoms with Crippen LogP contribution in [-0.2, 0) is 9.59 Å². The summed E-state index contributed by atoms with van der Waals surface area (Å²) >= 11 is 0. The molecule has 0 bridgehead atoms. The lowest BCUT2D eigenvalue weighted by Gasteiger charge is -2.30. The maximum Gasteiger partial charge on any atom is 0.305 e. The number of rotatable bonds is 6. The SMILES string of the molecule is CC(CC(=O)NC1(CC(=O)O)CCCC1)CC(C)(C)C. The lowest BCUT2D eigenvalue weighted by atomic mass is 9.84. The van der Waals surface area contributed by atoms with Gasteiger partial charge in [-0.3, -0.25) is 9.59 Å². The van der Waals surface area contributed by atoms with Crippen molar-refractivity contribution in [3.05, 3.63) is 0 Å². The van der Waals surface area contributed by atoms with Crippen molar-refractivity contribution < 1.29 is 14.7 Å². The third-order valence-corrected chi connectivity index (χ3v) is 3.95. The van der Waals surface area contributed by atoms with E-state index in [1.807, 2.05) is 0 Å². The molecule has 1 atom stereocenters. The minimum Gasteiger partial charge on any atom is -0.481 e. The molecule has 1 amide bonds. The summed E-state index contributed by atoms with van der Waals surface area (Å²) in [5.74, 6) is -0.502. The van der Waals surface area contributed by atoms with Gasteiger partial charge in [0, 0.05) is 6.42 Å². The van der Waals surface area contributed by atoms with Crippen LogP contribution in [0, 0.1) is 11.3 Å². The molecule has 0 heterocycles. The summed E-state index contributed by atoms with van der Waals surface area (Å²) in [4.78, 5) is 23.2. The number of carboxylic acids is 1. The molecule has 1 fully saturated rings. The Morgan fingerprint density at radius 1 is 1.25 bits per heavy atom. The normalized spacial score (nSPS) is 19.6. The highest BCUT2D eigenvalue weighted by Gasteiger charge is 2.37. The first-order chi connectivity index (χ1) is 9.12. The zero-order chi connectivity index (χ0) is 15.4. The number of carboxylic acid groups (broad SMARTS) is 1. The number of hydrogen-bond acceptors (Lipinski definition) is 2. The maximum absolute atomic E-state index is 12.2. The molecule has 4 heteroatoms. The number of carbonyl (C=O) groups is 2. The first kappa shape index (κ1) is 17.0. The fraction of sp³-hybridized carbons (Fsp3) is 0.875. The van der Waals surface area contributed by atoms with E-state index in [2.05, 4.69) is 33.0 Å². The fourth-order valence-electron chi connectivity index (χ4n) is 3.47. The summed E-state index contributed by atoms with van der Waals surface area (Å²) in [6.07, 6.45) is 5.12. The molecule has 1 aliphatic rings. The molecule has 1 saturated carbocycles. The Morgan fingerprint density at radius 2 is 1.80 bits per heavy atom. The van der Waals surface area contributed by atoms with Crippen LogP contribution in [-0.4, -0.2) is 22.5 Å². The minimum atomic E-state index is -0.824. The van der Waals surface area contributed by atoms with Gasteiger partial charge in [-0.1, -0.05) is 40.5 Å². The second-order valence-electron chi connectivity index (χ2n) is 7.68. The van der Waals surface area contributed by atoms with Crippen molar-refractivity contribution in [1.29, 1.82) is 0 Å². The second kappa shape index (κ2) is 6.59. The average Bonchev–Trinajstić information content (AvgIpc) is 2.60. The number of carbonyl (C=O) groups excluding carboxylic acids is 1. The smallest absolute Gasteiger partial charge is 0.305 e. The lowest BCUT2D eigenvalue weighted by Crippen LogP contribution is -2.48. The van der Waals surface area contributed by atoms with Gasteiger partial charge in [-0.05, 0) is 30.6 Å². The molecule has 1 unspecified atom stereocenters. The minimum absolute atomic E-state index is 0.00454. The molecule has 1 rings (SSSR count). The van der Waals surface area contributed by atoms with Crippen molar-refractivity contribution in [2.45, 2.75) is 78.2 Å². The molecule has 2 N–H and O–H groups in total. The van der Waals surface area contributed by atoms with Crippen molar-refractivity contribution in [2.24, 2.45) is 11.3 Å². The topological polar surface area (TPSA) is 66.4 Å². The Hall–Kier alpha value is -1.06. The molecular weight excluding hydrogens is 254 g/mol. The third kappa shape index (κ3) is 5.93. The summed E-state index contributed by atoms with van der Waals surface area (Å²) in [7, 11) is 0. The van der Waals surface area contributed by atoms with E-state index >= 15 is 0 Å². The van der Waals surface area contributed by atoms with Crippen LogP contribution in [0.25, 0.3) is 0 Å². The molecular formula is C16H29NO3. The monoisotopic (exact) mass is 283 g/mol. The van der Waals surface area contributed by atoms with Gasteiger partial charge in [0.2, 0.25) is 5.91 Å². The Kier molecular flexibility index (Phi) is 5.60. The lowest BCUT2D eigenvalue weighted by molar-refractivity contribution is -0.139. The van der Waals surface area contributed by atoms with E-state index in [0.29, 0.717) is 12.3 Å². The average molecular weight is 283 g/mol. The van der Waals surface area contributed by atoms with Gasteiger partial charge in [-0.15, -0.1) is 0 Å². The Morgan fingerprint density at radius 3 is 2.25 bits per heavy atom. The highest BCUT2D eigenvalue weighted by atomic mass is 16.4. The maximum atomic E-state index is 12.2. The van der Waals surface area contributed by atoms with E-state index in [4.69, 9.17) is 5.11 Å². The molecule has 0 aromatic heterocycles. The van der Waals surface area contributed by atoms with Crippen LogP contribution in [0.5, 0.6) is 0 Å². The van der Waals surface area contributed by atoms with Crippen LogP contribution in [0.3, 0.4) is 0 Å². The zero-order valence-corrected chi connectivity index (χ0v) is 13.3. The first-order valence-electron chi connectivity index (χ1n) is 7.65. The van der Waals surface area contributed by atoms with Gasteiger partial charge in [0.25, 0.3) is 0 Å². The van der Waals surface area contributed by atoms with Crippen LogP contribution in [0.1, 0.15) is 72.6 Å². The molecule has 4 nitrogen and oxygen atoms in total. The van der Waals surface area contributed by atoms with Crippen molar-refractivity contribution in [1.82, 2.24) is 5.32 Å². The van der Waals surface area contributed by atoms with Gasteiger partial charge in [0.15, 0.2) is 0 Å². The van der Waals surface area contributed by atoms with Gasteiger partial charge < -0.3 is 10.4 Å². The van der Waals surface area contributed by atoms with E-state index in [1.54, 1.807) is 0 Å². The van der Waals surface area contributed by atoms with Gasteiger partial charge >= 0.3 is 5.97 Å². The molecule has 20 heavy (non-hydrogen) atoms. The van der Waals surface area contributed by atoms with E-state index in [9.17, 15) is 9.59 Å². The second-order valence-corrected chi connectivity index (χ2v) is 7.68. The van der Waals surface area contributed by atoms with Gasteiger partial charge in [0.05, 0.1) is 12.0 Å². The summed E-state index contributed by atoms with van der Waals surface area (Å²) in [6, 6.07) is 0. The predicted molar refractivity (Wildman–Crippen MR) is 79.4 cm³/mol. The van der Waals surface area contributed by atoms with E-state index in [-0.39, 0.29) is 17.7 Å². The molecule has 0 spiro atoms. The van der Waals surface area contributed by atoms with E-state index in [0.717, 1.165) is 32.1 Å². The van der Waals surface area contributed by atoms with Crippen molar-refractivity contribution >= 4 is 11.9 Å². The highest BCUT2D eigenvalue weighted by Crippen LogP contribution is 2.33. The molecule has 0 radical (unpaired) electrons. The van der Waals surface area contributed by atoms with Crippen molar-refractivity contribution in [2.75, 3.05) is 0 Å². The summed E-state index contributed by atoms with van der Waals surface area (Å²) in [6.45, 7) is 8.60. The number of amides is 1. The zero-order valence-electron chi connectivity index (χ0n) is 13.3. The van der Waals surface area contributed by atoms with Crippen LogP contribution in [0.15, 0.2) is 0 Å². The van der Waals surface area contributed by atoms with Crippen molar-refractivity contribution in [3.8, 4) is 0 Å². The Labute approximate surface area is 122 Å². The van der Waals surface area contributed by atoms with Crippen LogP contribution in [0.4, 0.5) is 0 Å². The fourth-order valence-corrected chi connectivity index (χ4v) is 3.47. The van der Waals surface area contributed by atoms with E-state index < -0.39 is 11.5 Å². The first-order valence-corrected chi connectivity index (χ1v) is 7.65. The van der Waals surface area contributed by atoms with Gasteiger partial charge in [-0.25, -0.2) is 0 Å². The molecule has 1 aliphatic carbocycles. The summed E-state index contributed by atoms with van der Waals surface area (Å²) in [5, 5.41) is 12.1. The van der Waals surface area contributed by atoms with Crippen LogP contribution in [0.2, 0.25) is 0 Å². The Bertz CT molecular complexity index is 351. The molecule has 116 valence electrons. The standard InChI is InChI=1S/C16H29NO3/c1-12(10-15(2,3)4)9-13(18)17-16(11-14(19)20)7-5-6-8-16/h12H,5-11H2,1-4H3,(H,17,18)(H,19,20). The predicted octanol–water partition coefficient (Wildman–Crippen LogP) is 3.35. The van der Waals surface area contributed by atoms with Gasteiger partial charge in [-0.2, -0.15) is 0 Å². The number of aliphatic carboxylic acids is 1. The summed E-state index contributed by atoms with van der Waals surface area (Å²) < 4.78 is 0. The molecule has 0 aromatic carbocycles. The summed E-state index contributed by atoms with van der Waals surface area (Å²) in [5.41, 5.74) is -0.282. The number of hydrogen-bond donors (Lipinski definition) is 2. The molecule has 0 saturated heterocycles. The van der Waals surface area contributed by atoms with Crippen LogP contribution >= 0.6 is 0 Å². The number of nitrogens with one attached hydrogen (secondary N) is 1. The molecule has 0 aromatic rings. The van der Waals surface area contributed by atoms with Gasteiger partial charge in [0.1, 0.15) is 0 Å². The van der Waals surface area contributed by atoms with E-state index in [1.165, 1.54) is 0 Å². The van der Waals surface area contributed by atoms with Crippen molar-refractivity contribution in [3.63, 3.8) is 0 Å². The third-order valence-electron chi connectivity index (χ3n) is 3.95. The Balaban J connectivity index is 2.52.